The van der Waals surface area contributed by atoms with Crippen LogP contribution in [0.3, 0.4) is 0 Å². The fourth-order valence-electron chi connectivity index (χ4n) is 2.35. The molecule has 4 nitrogen and oxygen atoms in total. The predicted octanol–water partition coefficient (Wildman–Crippen LogP) is 3.33. The topological polar surface area (TPSA) is 47.6 Å². The summed E-state index contributed by atoms with van der Waals surface area (Å²) in [7, 11) is 0. The number of benzene rings is 1. The van der Waals surface area contributed by atoms with Gasteiger partial charge in [0, 0.05) is 6.61 Å². The van der Waals surface area contributed by atoms with Crippen LogP contribution in [0, 0.1) is 0 Å². The van der Waals surface area contributed by atoms with Crippen molar-refractivity contribution in [3.8, 4) is 5.75 Å². The Morgan fingerprint density at radius 3 is 2.64 bits per heavy atom. The third-order valence-corrected chi connectivity index (χ3v) is 3.43. The molecule has 122 valence electrons. The lowest BCUT2D eigenvalue weighted by Gasteiger charge is -2.17. The molecule has 0 aromatic heterocycles. The summed E-state index contributed by atoms with van der Waals surface area (Å²) in [5.41, 5.74) is 0.704. The van der Waals surface area contributed by atoms with Crippen LogP contribution in [0.5, 0.6) is 5.75 Å². The van der Waals surface area contributed by atoms with Crippen molar-refractivity contribution in [2.75, 3.05) is 6.61 Å². The Morgan fingerprint density at radius 2 is 2.09 bits per heavy atom. The zero-order valence-corrected chi connectivity index (χ0v) is 12.2. The molecule has 1 aliphatic heterocycles. The summed E-state index contributed by atoms with van der Waals surface area (Å²) in [6.45, 7) is 2.46. The molecule has 1 saturated heterocycles. The van der Waals surface area contributed by atoms with Crippen LogP contribution in [0.4, 0.5) is 13.2 Å². The summed E-state index contributed by atoms with van der Waals surface area (Å²) in [6.07, 6.45) is -2.59. The van der Waals surface area contributed by atoms with Gasteiger partial charge < -0.3 is 14.8 Å². The molecule has 0 spiro atoms. The summed E-state index contributed by atoms with van der Waals surface area (Å²) >= 11 is 0. The quantitative estimate of drug-likeness (QED) is 0.906. The van der Waals surface area contributed by atoms with Crippen LogP contribution in [0.25, 0.3) is 0 Å². The number of alkyl halides is 3. The Balaban J connectivity index is 1.86. The number of carbonyl (C=O) groups is 1. The molecule has 0 unspecified atom stereocenters. The van der Waals surface area contributed by atoms with E-state index < -0.39 is 6.36 Å². The third-order valence-electron chi connectivity index (χ3n) is 3.43. The van der Waals surface area contributed by atoms with Gasteiger partial charge in [0.1, 0.15) is 5.75 Å². The summed E-state index contributed by atoms with van der Waals surface area (Å²) < 4.78 is 45.4. The average molecular weight is 317 g/mol. The Hall–Kier alpha value is -1.76. The Labute approximate surface area is 126 Å². The highest BCUT2D eigenvalue weighted by atomic mass is 19.4. The van der Waals surface area contributed by atoms with E-state index in [1.54, 1.807) is 6.92 Å². The monoisotopic (exact) mass is 317 g/mol. The highest BCUT2D eigenvalue weighted by molar-refractivity contribution is 5.77. The van der Waals surface area contributed by atoms with Gasteiger partial charge in [-0.25, -0.2) is 0 Å². The summed E-state index contributed by atoms with van der Waals surface area (Å²) in [5.74, 6) is -0.413. The molecule has 0 radical (unpaired) electrons. The molecule has 0 saturated carbocycles. The van der Waals surface area contributed by atoms with Gasteiger partial charge in [-0.2, -0.15) is 0 Å². The number of carbonyl (C=O) groups excluding carboxylic acids is 1. The van der Waals surface area contributed by atoms with Crippen molar-refractivity contribution in [1.29, 1.82) is 0 Å². The summed E-state index contributed by atoms with van der Waals surface area (Å²) in [5, 5.41) is 2.81. The number of ether oxygens (including phenoxy) is 2. The SMILES string of the molecule is C[C@H](NC(=O)C[C@H]1CCCO1)c1ccc(OC(F)(F)F)cc1. The van der Waals surface area contributed by atoms with E-state index in [0.29, 0.717) is 18.6 Å². The van der Waals surface area contributed by atoms with Gasteiger partial charge in [0.15, 0.2) is 0 Å². The lowest BCUT2D eigenvalue weighted by atomic mass is 10.1. The number of halogens is 3. The van der Waals surface area contributed by atoms with Crippen LogP contribution >= 0.6 is 0 Å². The van der Waals surface area contributed by atoms with Crippen molar-refractivity contribution in [2.24, 2.45) is 0 Å². The minimum Gasteiger partial charge on any atom is -0.406 e. The van der Waals surface area contributed by atoms with Gasteiger partial charge >= 0.3 is 6.36 Å². The second-order valence-electron chi connectivity index (χ2n) is 5.25. The van der Waals surface area contributed by atoms with Gasteiger partial charge in [-0.3, -0.25) is 4.79 Å². The van der Waals surface area contributed by atoms with Crippen LogP contribution < -0.4 is 10.1 Å². The van der Waals surface area contributed by atoms with Crippen LogP contribution in [0.1, 0.15) is 37.8 Å². The van der Waals surface area contributed by atoms with Crippen molar-refractivity contribution in [3.05, 3.63) is 29.8 Å². The van der Waals surface area contributed by atoms with Gasteiger partial charge in [-0.1, -0.05) is 12.1 Å². The van der Waals surface area contributed by atoms with E-state index in [-0.39, 0.29) is 23.8 Å². The van der Waals surface area contributed by atoms with E-state index in [9.17, 15) is 18.0 Å². The molecule has 0 bridgehead atoms. The number of amides is 1. The molecule has 2 rings (SSSR count). The largest absolute Gasteiger partial charge is 0.573 e. The maximum Gasteiger partial charge on any atom is 0.573 e. The molecular formula is C15H18F3NO3. The maximum atomic E-state index is 12.1. The molecule has 1 amide bonds. The normalized spacial score (nSPS) is 19.7. The van der Waals surface area contributed by atoms with Crippen molar-refractivity contribution in [1.82, 2.24) is 5.32 Å². The average Bonchev–Trinajstić information content (AvgIpc) is 2.90. The van der Waals surface area contributed by atoms with Crippen LogP contribution in [0.2, 0.25) is 0 Å². The van der Waals surface area contributed by atoms with E-state index in [2.05, 4.69) is 10.1 Å². The van der Waals surface area contributed by atoms with Crippen molar-refractivity contribution < 1.29 is 27.4 Å². The van der Waals surface area contributed by atoms with Crippen LogP contribution in [-0.4, -0.2) is 25.0 Å². The Morgan fingerprint density at radius 1 is 1.41 bits per heavy atom. The van der Waals surface area contributed by atoms with E-state index in [1.807, 2.05) is 0 Å². The van der Waals surface area contributed by atoms with Gasteiger partial charge in [0.2, 0.25) is 5.91 Å². The Kier molecular flexibility index (Phi) is 5.28. The van der Waals surface area contributed by atoms with E-state index in [0.717, 1.165) is 12.8 Å². The first-order chi connectivity index (χ1) is 10.3. The minimum atomic E-state index is -4.71. The predicted molar refractivity (Wildman–Crippen MR) is 73.3 cm³/mol. The van der Waals surface area contributed by atoms with Crippen LogP contribution in [0.15, 0.2) is 24.3 Å². The standard InChI is InChI=1S/C15H18F3NO3/c1-10(19-14(20)9-13-3-2-8-21-13)11-4-6-12(7-5-11)22-15(16,17)18/h4-7,10,13H,2-3,8-9H2,1H3,(H,19,20)/t10-,13+/m0/s1. The molecule has 1 fully saturated rings. The fourth-order valence-corrected chi connectivity index (χ4v) is 2.35. The number of nitrogens with one attached hydrogen (secondary N) is 1. The zero-order valence-electron chi connectivity index (χ0n) is 12.2. The number of hydrogen-bond acceptors (Lipinski definition) is 3. The summed E-state index contributed by atoms with van der Waals surface area (Å²) in [6, 6.07) is 5.15. The molecule has 2 atom stereocenters. The molecule has 7 heteroatoms. The van der Waals surface area contributed by atoms with Crippen LogP contribution in [-0.2, 0) is 9.53 Å². The minimum absolute atomic E-state index is 0.0326. The second kappa shape index (κ2) is 7.00. The summed E-state index contributed by atoms with van der Waals surface area (Å²) in [4.78, 5) is 11.9. The first-order valence-electron chi connectivity index (χ1n) is 7.10. The molecule has 0 aliphatic carbocycles. The molecule has 1 aliphatic rings. The lowest BCUT2D eigenvalue weighted by Crippen LogP contribution is -2.29. The van der Waals surface area contributed by atoms with Crippen molar-refractivity contribution >= 4 is 5.91 Å². The van der Waals surface area contributed by atoms with Gasteiger partial charge in [0.05, 0.1) is 18.6 Å². The first-order valence-corrected chi connectivity index (χ1v) is 7.10. The Bertz CT molecular complexity index is 496. The molecule has 22 heavy (non-hydrogen) atoms. The molecule has 1 aromatic rings. The van der Waals surface area contributed by atoms with E-state index in [4.69, 9.17) is 4.74 Å². The zero-order chi connectivity index (χ0) is 16.2. The molecule has 1 heterocycles. The number of rotatable bonds is 5. The molecule has 1 aromatic carbocycles. The number of hydrogen-bond donors (Lipinski definition) is 1. The van der Waals surface area contributed by atoms with Gasteiger partial charge in [-0.05, 0) is 37.5 Å². The van der Waals surface area contributed by atoms with Crippen molar-refractivity contribution in [3.63, 3.8) is 0 Å². The fraction of sp³-hybridized carbons (Fsp3) is 0.533. The highest BCUT2D eigenvalue weighted by Crippen LogP contribution is 2.24. The van der Waals surface area contributed by atoms with Gasteiger partial charge in [-0.15, -0.1) is 13.2 Å². The second-order valence-corrected chi connectivity index (χ2v) is 5.25. The molecule has 1 N–H and O–H groups in total. The van der Waals surface area contributed by atoms with E-state index in [1.165, 1.54) is 24.3 Å². The van der Waals surface area contributed by atoms with Gasteiger partial charge in [0.25, 0.3) is 0 Å². The third kappa shape index (κ3) is 5.22. The van der Waals surface area contributed by atoms with Crippen molar-refractivity contribution in [2.45, 2.75) is 44.7 Å². The first kappa shape index (κ1) is 16.6. The highest BCUT2D eigenvalue weighted by Gasteiger charge is 2.31. The lowest BCUT2D eigenvalue weighted by molar-refractivity contribution is -0.274. The maximum absolute atomic E-state index is 12.1. The molecular weight excluding hydrogens is 299 g/mol. The smallest absolute Gasteiger partial charge is 0.406 e. The van der Waals surface area contributed by atoms with E-state index >= 15 is 0 Å².